The molecule has 4 nitrogen and oxygen atoms in total. The van der Waals surface area contributed by atoms with Crippen molar-refractivity contribution >= 4 is 15.7 Å². The van der Waals surface area contributed by atoms with Crippen LogP contribution in [0.4, 0.5) is 0 Å². The molecule has 0 saturated carbocycles. The molecule has 90 valence electrons. The highest BCUT2D eigenvalue weighted by Crippen LogP contribution is 2.09. The number of nitrogens with one attached hydrogen (secondary N) is 1. The number of carbonyl (C=O) groups is 1. The molecule has 0 unspecified atom stereocenters. The van der Waals surface area contributed by atoms with Gasteiger partial charge in [-0.25, -0.2) is 8.42 Å². The molecular weight excluding hydrogens is 214 g/mol. The van der Waals surface area contributed by atoms with Gasteiger partial charge in [0, 0.05) is 11.3 Å². The summed E-state index contributed by atoms with van der Waals surface area (Å²) in [5, 5.41) is 1.76. The van der Waals surface area contributed by atoms with E-state index in [1.54, 1.807) is 6.92 Å². The van der Waals surface area contributed by atoms with Crippen LogP contribution in [-0.4, -0.2) is 30.9 Å². The van der Waals surface area contributed by atoms with Gasteiger partial charge in [0.25, 0.3) is 0 Å². The van der Waals surface area contributed by atoms with Gasteiger partial charge in [-0.05, 0) is 27.2 Å². The molecule has 0 aromatic carbocycles. The largest absolute Gasteiger partial charge is 0.350 e. The minimum atomic E-state index is -3.29. The Morgan fingerprint density at radius 1 is 1.33 bits per heavy atom. The van der Waals surface area contributed by atoms with Crippen LogP contribution in [-0.2, 0) is 14.6 Å². The highest BCUT2D eigenvalue weighted by atomic mass is 32.2. The number of hydrogen-bond donors (Lipinski definition) is 1. The van der Waals surface area contributed by atoms with Crippen LogP contribution in [0.25, 0.3) is 0 Å². The van der Waals surface area contributed by atoms with Gasteiger partial charge in [0.05, 0.1) is 0 Å². The lowest BCUT2D eigenvalue weighted by Crippen LogP contribution is -2.48. The molecule has 0 bridgehead atoms. The van der Waals surface area contributed by atoms with Crippen LogP contribution in [0, 0.1) is 0 Å². The molecule has 1 N–H and O–H groups in total. The summed E-state index contributed by atoms with van der Waals surface area (Å²) in [6.45, 7) is 8.66. The smallest absolute Gasteiger partial charge is 0.238 e. The van der Waals surface area contributed by atoms with Crippen molar-refractivity contribution in [1.29, 1.82) is 0 Å². The predicted octanol–water partition coefficient (Wildman–Crippen LogP) is 1.11. The average Bonchev–Trinajstić information content (AvgIpc) is 2.16. The highest BCUT2D eigenvalue weighted by molar-refractivity contribution is 7.92. The number of amides is 1. The third kappa shape index (κ3) is 4.20. The third-order valence-corrected chi connectivity index (χ3v) is 4.75. The van der Waals surface area contributed by atoms with E-state index < -0.39 is 21.0 Å². The van der Waals surface area contributed by atoms with Crippen molar-refractivity contribution in [3.05, 3.63) is 0 Å². The molecule has 0 saturated heterocycles. The van der Waals surface area contributed by atoms with E-state index in [2.05, 4.69) is 5.32 Å². The summed E-state index contributed by atoms with van der Waals surface area (Å²) in [6.07, 6.45) is 0.762. The number of carbonyl (C=O) groups excluding carboxylic acids is 1. The van der Waals surface area contributed by atoms with E-state index in [9.17, 15) is 13.2 Å². The Morgan fingerprint density at radius 2 is 1.80 bits per heavy atom. The summed E-state index contributed by atoms with van der Waals surface area (Å²) in [4.78, 5) is 11.6. The van der Waals surface area contributed by atoms with Gasteiger partial charge in [-0.2, -0.15) is 0 Å². The monoisotopic (exact) mass is 235 g/mol. The summed E-state index contributed by atoms with van der Waals surface area (Å²) >= 11 is 0. The predicted molar refractivity (Wildman–Crippen MR) is 61.4 cm³/mol. The van der Waals surface area contributed by atoms with Gasteiger partial charge in [-0.1, -0.05) is 13.8 Å². The average molecular weight is 235 g/mol. The zero-order chi connectivity index (χ0) is 12.3. The van der Waals surface area contributed by atoms with Crippen molar-refractivity contribution in [3.8, 4) is 0 Å². The summed E-state index contributed by atoms with van der Waals surface area (Å²) in [6, 6.07) is 0. The number of rotatable bonds is 5. The Hall–Kier alpha value is -0.580. The number of sulfone groups is 1. The van der Waals surface area contributed by atoms with Crippen LogP contribution in [0.2, 0.25) is 0 Å². The molecule has 0 heterocycles. The van der Waals surface area contributed by atoms with E-state index in [1.165, 1.54) is 6.92 Å². The third-order valence-electron chi connectivity index (χ3n) is 2.66. The fourth-order valence-corrected chi connectivity index (χ4v) is 1.82. The molecule has 1 atom stereocenters. The van der Waals surface area contributed by atoms with Gasteiger partial charge in [0.2, 0.25) is 5.91 Å². The first-order valence-corrected chi connectivity index (χ1v) is 6.91. The van der Waals surface area contributed by atoms with Gasteiger partial charge in [0.15, 0.2) is 9.84 Å². The zero-order valence-electron chi connectivity index (χ0n) is 10.1. The normalized spacial score (nSPS) is 14.7. The maximum absolute atomic E-state index is 11.6. The van der Waals surface area contributed by atoms with E-state index >= 15 is 0 Å². The first-order chi connectivity index (χ1) is 6.66. The first-order valence-electron chi connectivity index (χ1n) is 5.20. The minimum absolute atomic E-state index is 0.00581. The van der Waals surface area contributed by atoms with E-state index in [4.69, 9.17) is 0 Å². The summed E-state index contributed by atoms with van der Waals surface area (Å²) in [5.74, 6) is -0.419. The fourth-order valence-electron chi connectivity index (χ4n) is 0.937. The van der Waals surface area contributed by atoms with Crippen LogP contribution in [0.3, 0.4) is 0 Å². The second-order valence-corrected chi connectivity index (χ2v) is 6.93. The van der Waals surface area contributed by atoms with Crippen LogP contribution < -0.4 is 5.32 Å². The topological polar surface area (TPSA) is 63.2 Å². The van der Waals surface area contributed by atoms with Gasteiger partial charge < -0.3 is 5.32 Å². The van der Waals surface area contributed by atoms with Crippen LogP contribution in [0.1, 0.15) is 41.0 Å². The van der Waals surface area contributed by atoms with E-state index in [1.807, 2.05) is 20.8 Å². The Balaban J connectivity index is 4.62. The molecule has 0 rings (SSSR count). The molecule has 15 heavy (non-hydrogen) atoms. The van der Waals surface area contributed by atoms with Crippen molar-refractivity contribution < 1.29 is 13.2 Å². The van der Waals surface area contributed by atoms with Gasteiger partial charge in [-0.15, -0.1) is 0 Å². The van der Waals surface area contributed by atoms with Crippen molar-refractivity contribution in [2.45, 2.75) is 51.8 Å². The van der Waals surface area contributed by atoms with Crippen molar-refractivity contribution in [3.63, 3.8) is 0 Å². The molecule has 0 aliphatic rings. The summed E-state index contributed by atoms with van der Waals surface area (Å²) in [7, 11) is -3.29. The van der Waals surface area contributed by atoms with E-state index in [-0.39, 0.29) is 11.3 Å². The molecule has 5 heteroatoms. The molecule has 1 amide bonds. The van der Waals surface area contributed by atoms with Crippen LogP contribution in [0.15, 0.2) is 0 Å². The van der Waals surface area contributed by atoms with Crippen molar-refractivity contribution in [1.82, 2.24) is 5.32 Å². The maximum Gasteiger partial charge on any atom is 0.238 e. The molecule has 0 aliphatic carbocycles. The molecule has 0 aliphatic heterocycles. The lowest BCUT2D eigenvalue weighted by molar-refractivity contribution is -0.122. The lowest BCUT2D eigenvalue weighted by atomic mass is 10.0. The van der Waals surface area contributed by atoms with Gasteiger partial charge >= 0.3 is 0 Å². The SMILES string of the molecule is CCC(C)(C)NC(=O)[C@@H](C)S(=O)(=O)CC. The molecule has 0 fully saturated rings. The fraction of sp³-hybridized carbons (Fsp3) is 0.900. The second kappa shape index (κ2) is 4.96. The maximum atomic E-state index is 11.6. The molecular formula is C10H21NO3S. The standard InChI is InChI=1S/C10H21NO3S/c1-6-10(4,5)11-9(12)8(3)15(13,14)7-2/h8H,6-7H2,1-5H3,(H,11,12)/t8-/m1/s1. The minimum Gasteiger partial charge on any atom is -0.350 e. The van der Waals surface area contributed by atoms with E-state index in [0.717, 1.165) is 6.42 Å². The zero-order valence-corrected chi connectivity index (χ0v) is 10.9. The Kier molecular flexibility index (Phi) is 4.77. The molecule has 0 spiro atoms. The summed E-state index contributed by atoms with van der Waals surface area (Å²) in [5.41, 5.74) is -0.353. The van der Waals surface area contributed by atoms with E-state index in [0.29, 0.717) is 0 Å². The lowest BCUT2D eigenvalue weighted by Gasteiger charge is -2.26. The van der Waals surface area contributed by atoms with Crippen molar-refractivity contribution in [2.24, 2.45) is 0 Å². The molecule has 0 aromatic heterocycles. The Morgan fingerprint density at radius 3 is 2.13 bits per heavy atom. The van der Waals surface area contributed by atoms with Crippen LogP contribution in [0.5, 0.6) is 0 Å². The van der Waals surface area contributed by atoms with Gasteiger partial charge in [0.1, 0.15) is 5.25 Å². The Labute approximate surface area is 92.4 Å². The molecule has 0 aromatic rings. The second-order valence-electron chi connectivity index (χ2n) is 4.32. The molecule has 0 radical (unpaired) electrons. The quantitative estimate of drug-likeness (QED) is 0.776. The van der Waals surface area contributed by atoms with Gasteiger partial charge in [-0.3, -0.25) is 4.79 Å². The first kappa shape index (κ1) is 14.4. The summed E-state index contributed by atoms with van der Waals surface area (Å²) < 4.78 is 22.9. The highest BCUT2D eigenvalue weighted by Gasteiger charge is 2.29. The van der Waals surface area contributed by atoms with Crippen LogP contribution >= 0.6 is 0 Å². The van der Waals surface area contributed by atoms with Crippen molar-refractivity contribution in [2.75, 3.05) is 5.75 Å². The Bertz CT molecular complexity index is 320. The number of hydrogen-bond acceptors (Lipinski definition) is 3.